The van der Waals surface area contributed by atoms with E-state index in [4.69, 9.17) is 0 Å². The van der Waals surface area contributed by atoms with E-state index in [0.717, 1.165) is 32.7 Å². The normalized spacial score (nSPS) is 16.4. The van der Waals surface area contributed by atoms with Crippen LogP contribution in [0.2, 0.25) is 0 Å². The third-order valence-electron chi connectivity index (χ3n) is 3.34. The molecule has 90 valence electrons. The van der Waals surface area contributed by atoms with Gasteiger partial charge in [-0.2, -0.15) is 0 Å². The minimum absolute atomic E-state index is 0.884. The Kier molecular flexibility index (Phi) is 4.19. The number of nitrogens with zero attached hydrogens (tertiary/aromatic N) is 1. The van der Waals surface area contributed by atoms with Crippen LogP contribution in [-0.2, 0) is 0 Å². The molecule has 0 radical (unpaired) electrons. The smallest absolute Gasteiger partial charge is 0.0606 e. The molecule has 0 spiro atoms. The molecule has 0 amide bonds. The second-order valence-corrected chi connectivity index (χ2v) is 4.58. The number of nitrogens with one attached hydrogen (secondary N) is 1. The van der Waals surface area contributed by atoms with Crippen molar-refractivity contribution in [2.45, 2.75) is 13.8 Å². The predicted molar refractivity (Wildman–Crippen MR) is 72.1 cm³/mol. The van der Waals surface area contributed by atoms with Gasteiger partial charge in [0.05, 0.1) is 6.54 Å². The molecule has 1 aromatic rings. The summed E-state index contributed by atoms with van der Waals surface area (Å²) < 4.78 is 0. The Hall–Kier alpha value is -1.30. The summed E-state index contributed by atoms with van der Waals surface area (Å²) in [4.78, 5) is 2.40. The molecule has 1 aliphatic heterocycles. The summed E-state index contributed by atoms with van der Waals surface area (Å²) in [6.07, 6.45) is 0. The van der Waals surface area contributed by atoms with Gasteiger partial charge in [-0.1, -0.05) is 24.0 Å². The van der Waals surface area contributed by atoms with Crippen molar-refractivity contribution in [2.24, 2.45) is 0 Å². The van der Waals surface area contributed by atoms with E-state index in [1.807, 2.05) is 0 Å². The molecule has 0 saturated carbocycles. The molecule has 0 bridgehead atoms. The number of piperazine rings is 1. The van der Waals surface area contributed by atoms with Crippen molar-refractivity contribution < 1.29 is 0 Å². The zero-order chi connectivity index (χ0) is 12.1. The lowest BCUT2D eigenvalue weighted by atomic mass is 10.0. The molecule has 1 saturated heterocycles. The fourth-order valence-corrected chi connectivity index (χ4v) is 2.00. The first kappa shape index (κ1) is 12.2. The van der Waals surface area contributed by atoms with E-state index >= 15 is 0 Å². The Morgan fingerprint density at radius 1 is 1.24 bits per heavy atom. The van der Waals surface area contributed by atoms with E-state index in [-0.39, 0.29) is 0 Å². The summed E-state index contributed by atoms with van der Waals surface area (Å²) in [6.45, 7) is 9.56. The number of aryl methyl sites for hydroxylation is 1. The van der Waals surface area contributed by atoms with Crippen LogP contribution in [0.4, 0.5) is 0 Å². The first-order valence-corrected chi connectivity index (χ1v) is 6.25. The fourth-order valence-electron chi connectivity index (χ4n) is 2.00. The molecule has 2 nitrogen and oxygen atoms in total. The molecule has 1 N–H and O–H groups in total. The van der Waals surface area contributed by atoms with Crippen LogP contribution >= 0.6 is 0 Å². The third kappa shape index (κ3) is 3.33. The molecule has 1 aromatic carbocycles. The standard InChI is InChI=1S/C15H20N2/c1-13-5-3-6-15(14(13)2)7-4-10-17-11-8-16-9-12-17/h3,5-6,16H,8-12H2,1-2H3. The van der Waals surface area contributed by atoms with E-state index in [1.165, 1.54) is 16.7 Å². The molecule has 0 unspecified atom stereocenters. The zero-order valence-electron chi connectivity index (χ0n) is 10.7. The van der Waals surface area contributed by atoms with Crippen LogP contribution in [0.1, 0.15) is 16.7 Å². The predicted octanol–water partition coefficient (Wildman–Crippen LogP) is 1.56. The highest BCUT2D eigenvalue weighted by Crippen LogP contribution is 2.10. The lowest BCUT2D eigenvalue weighted by Gasteiger charge is -2.24. The molecular weight excluding hydrogens is 208 g/mol. The van der Waals surface area contributed by atoms with Crippen molar-refractivity contribution in [1.82, 2.24) is 10.2 Å². The maximum atomic E-state index is 3.35. The van der Waals surface area contributed by atoms with Crippen LogP contribution in [-0.4, -0.2) is 37.6 Å². The van der Waals surface area contributed by atoms with Gasteiger partial charge in [0.25, 0.3) is 0 Å². The van der Waals surface area contributed by atoms with Crippen molar-refractivity contribution in [2.75, 3.05) is 32.7 Å². The Morgan fingerprint density at radius 2 is 2.00 bits per heavy atom. The quantitative estimate of drug-likeness (QED) is 0.734. The molecule has 0 atom stereocenters. The number of hydrogen-bond donors (Lipinski definition) is 1. The van der Waals surface area contributed by atoms with Gasteiger partial charge >= 0.3 is 0 Å². The highest BCUT2D eigenvalue weighted by Gasteiger charge is 2.06. The SMILES string of the molecule is Cc1cccc(C#CCN2CCNCC2)c1C. The van der Waals surface area contributed by atoms with Crippen LogP contribution in [0.15, 0.2) is 18.2 Å². The largest absolute Gasteiger partial charge is 0.314 e. The maximum absolute atomic E-state index is 3.35. The number of hydrogen-bond acceptors (Lipinski definition) is 2. The van der Waals surface area contributed by atoms with Gasteiger partial charge in [0, 0.05) is 31.7 Å². The summed E-state index contributed by atoms with van der Waals surface area (Å²) in [6, 6.07) is 6.32. The number of benzene rings is 1. The Labute approximate surface area is 104 Å². The van der Waals surface area contributed by atoms with E-state index in [0.29, 0.717) is 0 Å². The zero-order valence-corrected chi connectivity index (χ0v) is 10.7. The van der Waals surface area contributed by atoms with Gasteiger partial charge in [-0.3, -0.25) is 4.90 Å². The van der Waals surface area contributed by atoms with Gasteiger partial charge in [-0.15, -0.1) is 0 Å². The van der Waals surface area contributed by atoms with E-state index in [1.54, 1.807) is 0 Å². The summed E-state index contributed by atoms with van der Waals surface area (Å²) in [7, 11) is 0. The highest BCUT2D eigenvalue weighted by molar-refractivity contribution is 5.44. The Morgan fingerprint density at radius 3 is 2.76 bits per heavy atom. The monoisotopic (exact) mass is 228 g/mol. The summed E-state index contributed by atoms with van der Waals surface area (Å²) in [5, 5.41) is 3.35. The molecule has 0 aliphatic carbocycles. The molecule has 2 heteroatoms. The minimum Gasteiger partial charge on any atom is -0.314 e. The van der Waals surface area contributed by atoms with Crippen molar-refractivity contribution in [1.29, 1.82) is 0 Å². The van der Waals surface area contributed by atoms with Gasteiger partial charge < -0.3 is 5.32 Å². The van der Waals surface area contributed by atoms with Crippen LogP contribution in [0.3, 0.4) is 0 Å². The third-order valence-corrected chi connectivity index (χ3v) is 3.34. The van der Waals surface area contributed by atoms with Crippen LogP contribution < -0.4 is 5.32 Å². The number of rotatable bonds is 1. The molecule has 2 rings (SSSR count). The molecule has 1 fully saturated rings. The fraction of sp³-hybridized carbons (Fsp3) is 0.467. The average Bonchev–Trinajstić information content (AvgIpc) is 2.36. The molecule has 17 heavy (non-hydrogen) atoms. The minimum atomic E-state index is 0.884. The molecule has 0 aromatic heterocycles. The summed E-state index contributed by atoms with van der Waals surface area (Å²) in [5.41, 5.74) is 3.79. The highest BCUT2D eigenvalue weighted by atomic mass is 15.2. The van der Waals surface area contributed by atoms with E-state index in [2.05, 4.69) is 54.1 Å². The van der Waals surface area contributed by atoms with Crippen LogP contribution in [0, 0.1) is 25.7 Å². The Balaban J connectivity index is 1.98. The van der Waals surface area contributed by atoms with Gasteiger partial charge in [0.2, 0.25) is 0 Å². The van der Waals surface area contributed by atoms with Gasteiger partial charge in [0.15, 0.2) is 0 Å². The Bertz CT molecular complexity index is 434. The summed E-state index contributed by atoms with van der Waals surface area (Å²) in [5.74, 6) is 6.58. The molecule has 1 aliphatic rings. The molecule has 1 heterocycles. The van der Waals surface area contributed by atoms with E-state index in [9.17, 15) is 0 Å². The second-order valence-electron chi connectivity index (χ2n) is 4.58. The first-order valence-electron chi connectivity index (χ1n) is 6.25. The van der Waals surface area contributed by atoms with Crippen molar-refractivity contribution >= 4 is 0 Å². The van der Waals surface area contributed by atoms with E-state index < -0.39 is 0 Å². The van der Waals surface area contributed by atoms with Crippen molar-refractivity contribution in [3.63, 3.8) is 0 Å². The van der Waals surface area contributed by atoms with Crippen LogP contribution in [0.25, 0.3) is 0 Å². The topological polar surface area (TPSA) is 15.3 Å². The molecular formula is C15H20N2. The lowest BCUT2D eigenvalue weighted by Crippen LogP contribution is -2.43. The first-order chi connectivity index (χ1) is 8.27. The lowest BCUT2D eigenvalue weighted by molar-refractivity contribution is 0.268. The van der Waals surface area contributed by atoms with Crippen molar-refractivity contribution in [3.05, 3.63) is 34.9 Å². The van der Waals surface area contributed by atoms with Crippen LogP contribution in [0.5, 0.6) is 0 Å². The van der Waals surface area contributed by atoms with Crippen molar-refractivity contribution in [3.8, 4) is 11.8 Å². The van der Waals surface area contributed by atoms with Gasteiger partial charge in [0.1, 0.15) is 0 Å². The summed E-state index contributed by atoms with van der Waals surface area (Å²) >= 11 is 0. The van der Waals surface area contributed by atoms with Gasteiger partial charge in [-0.25, -0.2) is 0 Å². The van der Waals surface area contributed by atoms with Gasteiger partial charge in [-0.05, 0) is 31.0 Å². The maximum Gasteiger partial charge on any atom is 0.0606 e. The second kappa shape index (κ2) is 5.86. The average molecular weight is 228 g/mol.